The number of halogens is 1. The number of hydrogen-bond donors (Lipinski definition) is 0. The van der Waals surface area contributed by atoms with E-state index in [-0.39, 0.29) is 16.8 Å². The summed E-state index contributed by atoms with van der Waals surface area (Å²) in [5, 5.41) is 0. The van der Waals surface area contributed by atoms with Crippen molar-refractivity contribution in [3.63, 3.8) is 0 Å². The lowest BCUT2D eigenvalue weighted by atomic mass is 10.1. The van der Waals surface area contributed by atoms with Crippen LogP contribution in [0.3, 0.4) is 0 Å². The first-order valence-electron chi connectivity index (χ1n) is 6.59. The summed E-state index contributed by atoms with van der Waals surface area (Å²) in [5.74, 6) is 1.37. The molecule has 2 unspecified atom stereocenters. The van der Waals surface area contributed by atoms with Crippen molar-refractivity contribution in [1.29, 1.82) is 0 Å². The standard InChI is InChI=1S/C13H21ClN2O3S/c1-9-7-16(8-12(9)15(3)4)20(17,18)13-5-11(6-14)19-10(13)2/h5,9,12H,6-8H2,1-4H3. The second-order valence-corrected chi connectivity index (χ2v) is 7.77. The second-order valence-electron chi connectivity index (χ2n) is 5.60. The molecule has 1 aromatic rings. The number of alkyl halides is 1. The Morgan fingerprint density at radius 1 is 1.45 bits per heavy atom. The summed E-state index contributed by atoms with van der Waals surface area (Å²) in [6, 6.07) is 1.77. The first kappa shape index (κ1) is 15.8. The zero-order chi connectivity index (χ0) is 15.1. The van der Waals surface area contributed by atoms with Crippen LogP contribution in [0.1, 0.15) is 18.4 Å². The van der Waals surface area contributed by atoms with Crippen molar-refractivity contribution in [2.24, 2.45) is 5.92 Å². The van der Waals surface area contributed by atoms with Gasteiger partial charge in [-0.05, 0) is 26.9 Å². The molecule has 1 aliphatic rings. The van der Waals surface area contributed by atoms with E-state index in [2.05, 4.69) is 11.8 Å². The summed E-state index contributed by atoms with van der Waals surface area (Å²) in [4.78, 5) is 2.31. The van der Waals surface area contributed by atoms with E-state index in [1.165, 1.54) is 10.4 Å². The number of nitrogens with zero attached hydrogens (tertiary/aromatic N) is 2. The monoisotopic (exact) mass is 320 g/mol. The summed E-state index contributed by atoms with van der Waals surface area (Å²) < 4.78 is 32.3. The molecule has 0 radical (unpaired) electrons. The fourth-order valence-electron chi connectivity index (χ4n) is 2.76. The minimum atomic E-state index is -3.50. The highest BCUT2D eigenvalue weighted by atomic mass is 35.5. The van der Waals surface area contributed by atoms with Crippen LogP contribution in [-0.2, 0) is 15.9 Å². The Morgan fingerprint density at radius 2 is 2.10 bits per heavy atom. The van der Waals surface area contributed by atoms with Crippen molar-refractivity contribution in [2.75, 3.05) is 27.2 Å². The molecule has 0 N–H and O–H groups in total. The van der Waals surface area contributed by atoms with Crippen LogP contribution in [0.25, 0.3) is 0 Å². The summed E-state index contributed by atoms with van der Waals surface area (Å²) in [7, 11) is 0.453. The average molecular weight is 321 g/mol. The molecule has 0 amide bonds. The van der Waals surface area contributed by atoms with Gasteiger partial charge in [0.15, 0.2) is 0 Å². The highest BCUT2D eigenvalue weighted by molar-refractivity contribution is 7.89. The maximum Gasteiger partial charge on any atom is 0.246 e. The normalized spacial score (nSPS) is 24.7. The highest BCUT2D eigenvalue weighted by Gasteiger charge is 2.39. The molecule has 0 saturated carbocycles. The quantitative estimate of drug-likeness (QED) is 0.795. The van der Waals surface area contributed by atoms with Crippen LogP contribution in [0.2, 0.25) is 0 Å². The molecule has 2 rings (SSSR count). The fourth-order valence-corrected chi connectivity index (χ4v) is 4.64. The van der Waals surface area contributed by atoms with Gasteiger partial charge in [-0.1, -0.05) is 6.92 Å². The molecule has 0 bridgehead atoms. The van der Waals surface area contributed by atoms with Crippen molar-refractivity contribution < 1.29 is 12.8 Å². The Morgan fingerprint density at radius 3 is 2.55 bits per heavy atom. The van der Waals surface area contributed by atoms with Gasteiger partial charge in [0.1, 0.15) is 16.4 Å². The minimum Gasteiger partial charge on any atom is -0.464 e. The molecular formula is C13H21ClN2O3S. The van der Waals surface area contributed by atoms with E-state index in [0.29, 0.717) is 30.5 Å². The first-order chi connectivity index (χ1) is 9.27. The zero-order valence-electron chi connectivity index (χ0n) is 12.3. The number of aryl methyl sites for hydroxylation is 1. The lowest BCUT2D eigenvalue weighted by Crippen LogP contribution is -2.35. The Balaban J connectivity index is 2.30. The van der Waals surface area contributed by atoms with Crippen molar-refractivity contribution in [2.45, 2.75) is 30.7 Å². The Kier molecular flexibility index (Phi) is 4.49. The molecule has 0 aromatic carbocycles. The van der Waals surface area contributed by atoms with Crippen LogP contribution in [0.15, 0.2) is 15.4 Å². The zero-order valence-corrected chi connectivity index (χ0v) is 13.8. The van der Waals surface area contributed by atoms with Crippen LogP contribution < -0.4 is 0 Å². The van der Waals surface area contributed by atoms with E-state index in [1.807, 2.05) is 14.1 Å². The molecule has 20 heavy (non-hydrogen) atoms. The molecule has 2 atom stereocenters. The predicted molar refractivity (Wildman–Crippen MR) is 78.4 cm³/mol. The molecular weight excluding hydrogens is 300 g/mol. The Bertz CT molecular complexity index is 582. The summed E-state index contributed by atoms with van der Waals surface area (Å²) >= 11 is 5.70. The van der Waals surface area contributed by atoms with Crippen molar-refractivity contribution in [3.05, 3.63) is 17.6 Å². The number of rotatable bonds is 4. The largest absolute Gasteiger partial charge is 0.464 e. The predicted octanol–water partition coefficient (Wildman–Crippen LogP) is 1.90. The average Bonchev–Trinajstić information content (AvgIpc) is 2.93. The van der Waals surface area contributed by atoms with Gasteiger partial charge in [0.2, 0.25) is 10.0 Å². The third-order valence-electron chi connectivity index (χ3n) is 3.88. The topological polar surface area (TPSA) is 53.8 Å². The smallest absolute Gasteiger partial charge is 0.246 e. The van der Waals surface area contributed by atoms with E-state index in [1.54, 1.807) is 6.92 Å². The summed E-state index contributed by atoms with van der Waals surface area (Å²) in [5.41, 5.74) is 0. The van der Waals surface area contributed by atoms with E-state index in [9.17, 15) is 8.42 Å². The number of likely N-dealkylation sites (N-methyl/N-ethyl adjacent to an activating group) is 1. The van der Waals surface area contributed by atoms with E-state index in [0.717, 1.165) is 0 Å². The van der Waals surface area contributed by atoms with Gasteiger partial charge in [-0.15, -0.1) is 11.6 Å². The maximum atomic E-state index is 12.7. The van der Waals surface area contributed by atoms with Gasteiger partial charge >= 0.3 is 0 Å². The molecule has 1 fully saturated rings. The molecule has 0 aliphatic carbocycles. The fraction of sp³-hybridized carbons (Fsp3) is 0.692. The van der Waals surface area contributed by atoms with E-state index in [4.69, 9.17) is 16.0 Å². The second kappa shape index (κ2) is 5.67. The summed E-state index contributed by atoms with van der Waals surface area (Å²) in [6.07, 6.45) is 0. The van der Waals surface area contributed by atoms with Crippen LogP contribution in [-0.4, -0.2) is 50.8 Å². The molecule has 1 aliphatic heterocycles. The van der Waals surface area contributed by atoms with E-state index >= 15 is 0 Å². The SMILES string of the molecule is Cc1oc(CCl)cc1S(=O)(=O)N1CC(C)C(N(C)C)C1. The number of furan rings is 1. The molecule has 114 valence electrons. The number of hydrogen-bond acceptors (Lipinski definition) is 4. The molecule has 5 nitrogen and oxygen atoms in total. The minimum absolute atomic E-state index is 0.174. The molecule has 7 heteroatoms. The third kappa shape index (κ3) is 2.74. The molecule has 0 spiro atoms. The molecule has 2 heterocycles. The van der Waals surface area contributed by atoms with Crippen molar-refractivity contribution >= 4 is 21.6 Å². The maximum absolute atomic E-state index is 12.7. The van der Waals surface area contributed by atoms with Crippen LogP contribution in [0, 0.1) is 12.8 Å². The molecule has 1 saturated heterocycles. The van der Waals surface area contributed by atoms with Gasteiger partial charge in [0.05, 0.1) is 5.88 Å². The van der Waals surface area contributed by atoms with Gasteiger partial charge in [-0.3, -0.25) is 0 Å². The van der Waals surface area contributed by atoms with Crippen molar-refractivity contribution in [1.82, 2.24) is 9.21 Å². The van der Waals surface area contributed by atoms with Crippen molar-refractivity contribution in [3.8, 4) is 0 Å². The van der Waals surface area contributed by atoms with Gasteiger partial charge in [-0.25, -0.2) is 8.42 Å². The van der Waals surface area contributed by atoms with E-state index < -0.39 is 10.0 Å². The van der Waals surface area contributed by atoms with Gasteiger partial charge < -0.3 is 9.32 Å². The Labute approximate surface area is 125 Å². The lowest BCUT2D eigenvalue weighted by molar-refractivity contribution is 0.263. The van der Waals surface area contributed by atoms with Gasteiger partial charge in [0.25, 0.3) is 0 Å². The Hall–Kier alpha value is -0.560. The third-order valence-corrected chi connectivity index (χ3v) is 6.08. The molecule has 1 aromatic heterocycles. The highest BCUT2D eigenvalue weighted by Crippen LogP contribution is 2.29. The van der Waals surface area contributed by atoms with Gasteiger partial charge in [-0.2, -0.15) is 4.31 Å². The first-order valence-corrected chi connectivity index (χ1v) is 8.56. The van der Waals surface area contributed by atoms with Crippen LogP contribution in [0.5, 0.6) is 0 Å². The number of sulfonamides is 1. The van der Waals surface area contributed by atoms with Crippen LogP contribution >= 0.6 is 11.6 Å². The lowest BCUT2D eigenvalue weighted by Gasteiger charge is -2.22. The van der Waals surface area contributed by atoms with Gasteiger partial charge in [0, 0.05) is 25.2 Å². The summed E-state index contributed by atoms with van der Waals surface area (Å²) in [6.45, 7) is 4.78. The van der Waals surface area contributed by atoms with Crippen LogP contribution in [0.4, 0.5) is 0 Å².